The maximum absolute atomic E-state index is 12.1. The van der Waals surface area contributed by atoms with E-state index in [1.807, 2.05) is 11.4 Å². The van der Waals surface area contributed by atoms with Crippen LogP contribution in [-0.4, -0.2) is 9.66 Å². The summed E-state index contributed by atoms with van der Waals surface area (Å²) in [7, 11) is 0. The van der Waals surface area contributed by atoms with E-state index >= 15 is 0 Å². The third-order valence-corrected chi connectivity index (χ3v) is 4.22. The summed E-state index contributed by atoms with van der Waals surface area (Å²) in [6, 6.07) is 6.17. The fraction of sp³-hybridized carbons (Fsp3) is 0.143. The maximum atomic E-state index is 12.1. The molecule has 1 aromatic carbocycles. The van der Waals surface area contributed by atoms with Crippen LogP contribution in [-0.2, 0) is 0 Å². The number of fused-ring (bicyclic) bond motifs is 1. The Labute approximate surface area is 114 Å². The zero-order valence-corrected chi connectivity index (χ0v) is 11.5. The summed E-state index contributed by atoms with van der Waals surface area (Å²) in [5, 5.41) is 2.56. The van der Waals surface area contributed by atoms with Crippen LogP contribution in [0.1, 0.15) is 11.1 Å². The van der Waals surface area contributed by atoms with Gasteiger partial charge in [-0.05, 0) is 30.5 Å². The number of aromatic nitrogens is 2. The molecule has 3 rings (SSSR count). The van der Waals surface area contributed by atoms with Gasteiger partial charge in [-0.2, -0.15) is 0 Å². The van der Waals surface area contributed by atoms with Gasteiger partial charge in [0.2, 0.25) is 0 Å². The lowest BCUT2D eigenvalue weighted by Gasteiger charge is -2.04. The van der Waals surface area contributed by atoms with Crippen molar-refractivity contribution in [3.8, 4) is 11.1 Å². The minimum absolute atomic E-state index is 0.209. The minimum Gasteiger partial charge on any atom is -0.335 e. The smallest absolute Gasteiger partial charge is 0.281 e. The molecule has 0 unspecified atom stereocenters. The molecule has 0 amide bonds. The Morgan fingerprint density at radius 3 is 2.79 bits per heavy atom. The van der Waals surface area contributed by atoms with Crippen molar-refractivity contribution in [3.63, 3.8) is 0 Å². The highest BCUT2D eigenvalue weighted by molar-refractivity contribution is 7.17. The summed E-state index contributed by atoms with van der Waals surface area (Å²) in [5.41, 5.74) is 4.16. The summed E-state index contributed by atoms with van der Waals surface area (Å²) in [5.74, 6) is 5.59. The lowest BCUT2D eigenvalue weighted by Crippen LogP contribution is -2.26. The number of benzene rings is 1. The Morgan fingerprint density at radius 2 is 2.05 bits per heavy atom. The van der Waals surface area contributed by atoms with Crippen molar-refractivity contribution in [1.29, 1.82) is 0 Å². The first-order valence-corrected chi connectivity index (χ1v) is 6.77. The molecule has 2 heterocycles. The standard InChI is InChI=1S/C14H13N3OS/c1-8-3-4-10(5-9(8)2)11-6-19-13-12(11)14(18)17(15)7-16-13/h3-7H,15H2,1-2H3. The molecule has 2 aromatic heterocycles. The molecule has 19 heavy (non-hydrogen) atoms. The van der Waals surface area contributed by atoms with Gasteiger partial charge in [-0.25, -0.2) is 9.66 Å². The zero-order valence-electron chi connectivity index (χ0n) is 10.7. The highest BCUT2D eigenvalue weighted by Crippen LogP contribution is 2.31. The molecule has 0 radical (unpaired) electrons. The number of hydrogen-bond acceptors (Lipinski definition) is 4. The van der Waals surface area contributed by atoms with Crippen LogP contribution < -0.4 is 11.4 Å². The first kappa shape index (κ1) is 11.9. The van der Waals surface area contributed by atoms with E-state index in [2.05, 4.69) is 31.0 Å². The molecule has 0 bridgehead atoms. The molecule has 5 heteroatoms. The van der Waals surface area contributed by atoms with E-state index in [0.717, 1.165) is 20.6 Å². The normalized spacial score (nSPS) is 11.1. The Balaban J connectivity index is 2.34. The van der Waals surface area contributed by atoms with E-state index in [-0.39, 0.29) is 5.56 Å². The van der Waals surface area contributed by atoms with Crippen LogP contribution in [0, 0.1) is 13.8 Å². The molecular weight excluding hydrogens is 258 g/mol. The molecule has 0 spiro atoms. The summed E-state index contributed by atoms with van der Waals surface area (Å²) in [6.07, 6.45) is 1.35. The molecule has 3 aromatic rings. The molecule has 0 saturated heterocycles. The van der Waals surface area contributed by atoms with E-state index in [9.17, 15) is 4.79 Å². The van der Waals surface area contributed by atoms with Crippen LogP contribution >= 0.6 is 11.3 Å². The SMILES string of the molecule is Cc1ccc(-c2csc3ncn(N)c(=O)c23)cc1C. The van der Waals surface area contributed by atoms with Gasteiger partial charge in [0.15, 0.2) is 0 Å². The van der Waals surface area contributed by atoms with Gasteiger partial charge in [-0.3, -0.25) is 4.79 Å². The second-order valence-electron chi connectivity index (χ2n) is 4.59. The second-order valence-corrected chi connectivity index (χ2v) is 5.44. The van der Waals surface area contributed by atoms with Gasteiger partial charge in [0.1, 0.15) is 11.2 Å². The van der Waals surface area contributed by atoms with E-state index in [1.54, 1.807) is 0 Å². The summed E-state index contributed by atoms with van der Waals surface area (Å²) >= 11 is 1.46. The van der Waals surface area contributed by atoms with Gasteiger partial charge >= 0.3 is 0 Å². The molecule has 2 N–H and O–H groups in total. The number of thiophene rings is 1. The van der Waals surface area contributed by atoms with Crippen LogP contribution in [0.2, 0.25) is 0 Å². The number of hydrogen-bond donors (Lipinski definition) is 1. The Kier molecular flexibility index (Phi) is 2.64. The summed E-state index contributed by atoms with van der Waals surface area (Å²) in [4.78, 5) is 17.0. The highest BCUT2D eigenvalue weighted by Gasteiger charge is 2.12. The highest BCUT2D eigenvalue weighted by atomic mass is 32.1. The van der Waals surface area contributed by atoms with Crippen molar-refractivity contribution < 1.29 is 0 Å². The number of nitrogens with two attached hydrogens (primary N) is 1. The number of aryl methyl sites for hydroxylation is 2. The average Bonchev–Trinajstić information content (AvgIpc) is 2.82. The molecule has 0 saturated carbocycles. The van der Waals surface area contributed by atoms with Crippen LogP contribution in [0.15, 0.2) is 34.7 Å². The van der Waals surface area contributed by atoms with Crippen molar-refractivity contribution >= 4 is 21.6 Å². The molecule has 96 valence electrons. The van der Waals surface area contributed by atoms with Gasteiger partial charge in [-0.1, -0.05) is 18.2 Å². The van der Waals surface area contributed by atoms with Crippen molar-refractivity contribution in [2.45, 2.75) is 13.8 Å². The van der Waals surface area contributed by atoms with Crippen LogP contribution in [0.4, 0.5) is 0 Å². The first-order valence-electron chi connectivity index (χ1n) is 5.89. The predicted molar refractivity (Wildman–Crippen MR) is 78.9 cm³/mol. The lowest BCUT2D eigenvalue weighted by molar-refractivity contribution is 0.916. The van der Waals surface area contributed by atoms with Gasteiger partial charge in [0.25, 0.3) is 5.56 Å². The Bertz CT molecular complexity index is 832. The van der Waals surface area contributed by atoms with E-state index < -0.39 is 0 Å². The topological polar surface area (TPSA) is 60.9 Å². The molecule has 0 aliphatic carbocycles. The third kappa shape index (κ3) is 1.82. The molecule has 0 aliphatic heterocycles. The fourth-order valence-electron chi connectivity index (χ4n) is 2.07. The minimum atomic E-state index is -0.209. The van der Waals surface area contributed by atoms with Gasteiger partial charge < -0.3 is 5.84 Å². The number of nitrogen functional groups attached to an aromatic ring is 1. The fourth-order valence-corrected chi connectivity index (χ4v) is 2.97. The van der Waals surface area contributed by atoms with Crippen LogP contribution in [0.3, 0.4) is 0 Å². The lowest BCUT2D eigenvalue weighted by atomic mass is 10.0. The Hall–Kier alpha value is -2.14. The molecule has 0 fully saturated rings. The zero-order chi connectivity index (χ0) is 13.6. The van der Waals surface area contributed by atoms with Gasteiger partial charge in [0, 0.05) is 10.9 Å². The monoisotopic (exact) mass is 271 g/mol. The molecule has 4 nitrogen and oxygen atoms in total. The van der Waals surface area contributed by atoms with E-state index in [1.165, 1.54) is 28.8 Å². The van der Waals surface area contributed by atoms with Gasteiger partial charge in [0.05, 0.1) is 5.39 Å². The second kappa shape index (κ2) is 4.20. The van der Waals surface area contributed by atoms with Crippen molar-refractivity contribution in [2.24, 2.45) is 0 Å². The molecule has 0 atom stereocenters. The Morgan fingerprint density at radius 1 is 1.26 bits per heavy atom. The quantitative estimate of drug-likeness (QED) is 0.692. The van der Waals surface area contributed by atoms with E-state index in [4.69, 9.17) is 5.84 Å². The molecular formula is C14H13N3OS. The molecule has 0 aliphatic rings. The predicted octanol–water partition coefficient (Wildman–Crippen LogP) is 2.46. The van der Waals surface area contributed by atoms with E-state index in [0.29, 0.717) is 5.39 Å². The maximum Gasteiger partial charge on any atom is 0.281 e. The first-order chi connectivity index (χ1) is 9.08. The van der Waals surface area contributed by atoms with Crippen molar-refractivity contribution in [1.82, 2.24) is 9.66 Å². The van der Waals surface area contributed by atoms with Gasteiger partial charge in [-0.15, -0.1) is 11.3 Å². The number of nitrogens with zero attached hydrogens (tertiary/aromatic N) is 2. The van der Waals surface area contributed by atoms with Crippen LogP contribution in [0.5, 0.6) is 0 Å². The van der Waals surface area contributed by atoms with Crippen molar-refractivity contribution in [2.75, 3.05) is 5.84 Å². The number of rotatable bonds is 1. The average molecular weight is 271 g/mol. The third-order valence-electron chi connectivity index (χ3n) is 3.34. The summed E-state index contributed by atoms with van der Waals surface area (Å²) < 4.78 is 1.03. The van der Waals surface area contributed by atoms with Crippen molar-refractivity contribution in [3.05, 3.63) is 51.4 Å². The largest absolute Gasteiger partial charge is 0.335 e. The van der Waals surface area contributed by atoms with Crippen LogP contribution in [0.25, 0.3) is 21.3 Å². The summed E-state index contributed by atoms with van der Waals surface area (Å²) in [6.45, 7) is 4.13.